The number of carboxylic acid groups (broad SMARTS) is 1. The Morgan fingerprint density at radius 3 is 2.58 bits per heavy atom. The molecule has 26 heavy (non-hydrogen) atoms. The summed E-state index contributed by atoms with van der Waals surface area (Å²) in [6.07, 6.45) is 1.49. The van der Waals surface area contributed by atoms with E-state index in [2.05, 4.69) is 33.1 Å². The number of hydrogen-bond acceptors (Lipinski definition) is 5. The molecular formula is C17H14I2N2O5. The molecular weight excluding hydrogens is 566 g/mol. The van der Waals surface area contributed by atoms with E-state index in [0.717, 1.165) is 12.7 Å². The van der Waals surface area contributed by atoms with Crippen LogP contribution in [0.25, 0.3) is 0 Å². The number of carbonyl (C=O) groups excluding carboxylic acids is 1. The molecule has 0 saturated heterocycles. The van der Waals surface area contributed by atoms with Crippen molar-refractivity contribution in [2.45, 2.75) is 0 Å². The number of nitrogens with zero attached hydrogens (tertiary/aromatic N) is 1. The highest BCUT2D eigenvalue weighted by atomic mass is 127. The minimum absolute atomic E-state index is 0.355. The SMILES string of the molecule is COc1cc(C(=O)N/N=C\c2ccc(OCC(=O)O)c(I)c2)ccc1I. The largest absolute Gasteiger partial charge is 0.496 e. The van der Waals surface area contributed by atoms with Crippen LogP contribution in [0.5, 0.6) is 11.5 Å². The van der Waals surface area contributed by atoms with Crippen LogP contribution in [-0.4, -0.2) is 36.9 Å². The van der Waals surface area contributed by atoms with Crippen LogP contribution >= 0.6 is 45.2 Å². The van der Waals surface area contributed by atoms with Crippen molar-refractivity contribution in [1.82, 2.24) is 5.43 Å². The van der Waals surface area contributed by atoms with Gasteiger partial charge in [-0.1, -0.05) is 0 Å². The first-order valence-corrected chi connectivity index (χ1v) is 9.37. The molecule has 0 radical (unpaired) electrons. The molecule has 2 rings (SSSR count). The first kappa shape index (κ1) is 20.4. The Labute approximate surface area is 177 Å². The summed E-state index contributed by atoms with van der Waals surface area (Å²) < 4.78 is 12.0. The van der Waals surface area contributed by atoms with Gasteiger partial charge in [-0.25, -0.2) is 10.2 Å². The number of hydrogen-bond donors (Lipinski definition) is 2. The van der Waals surface area contributed by atoms with E-state index in [9.17, 15) is 9.59 Å². The van der Waals surface area contributed by atoms with Crippen molar-refractivity contribution in [2.75, 3.05) is 13.7 Å². The fourth-order valence-electron chi connectivity index (χ4n) is 1.88. The molecule has 136 valence electrons. The molecule has 0 aromatic heterocycles. The number of carboxylic acids is 1. The van der Waals surface area contributed by atoms with Crippen LogP contribution in [-0.2, 0) is 4.79 Å². The van der Waals surface area contributed by atoms with E-state index in [1.54, 1.807) is 43.5 Å². The molecule has 2 N–H and O–H groups in total. The van der Waals surface area contributed by atoms with Gasteiger partial charge in [0.1, 0.15) is 11.5 Å². The highest BCUT2D eigenvalue weighted by molar-refractivity contribution is 14.1. The van der Waals surface area contributed by atoms with Crippen LogP contribution in [0.2, 0.25) is 0 Å². The molecule has 0 aliphatic carbocycles. The van der Waals surface area contributed by atoms with Crippen LogP contribution in [0.15, 0.2) is 41.5 Å². The number of carbonyl (C=O) groups is 2. The van der Waals surface area contributed by atoms with Gasteiger partial charge < -0.3 is 14.6 Å². The second-order valence-corrected chi connectivity index (χ2v) is 7.25. The van der Waals surface area contributed by atoms with Gasteiger partial charge in [0.05, 0.1) is 20.5 Å². The summed E-state index contributed by atoms with van der Waals surface area (Å²) in [5.41, 5.74) is 3.62. The zero-order valence-electron chi connectivity index (χ0n) is 13.5. The Balaban J connectivity index is 2.00. The molecule has 0 atom stereocenters. The third-order valence-corrected chi connectivity index (χ3v) is 4.83. The van der Waals surface area contributed by atoms with Gasteiger partial charge in [-0.15, -0.1) is 0 Å². The molecule has 0 fully saturated rings. The Hall–Kier alpha value is -1.89. The quantitative estimate of drug-likeness (QED) is 0.298. The monoisotopic (exact) mass is 580 g/mol. The number of halogens is 2. The highest BCUT2D eigenvalue weighted by Gasteiger charge is 2.08. The molecule has 1 amide bonds. The molecule has 9 heteroatoms. The van der Waals surface area contributed by atoms with Gasteiger partial charge >= 0.3 is 5.97 Å². The molecule has 0 aliphatic rings. The molecule has 0 aliphatic heterocycles. The number of nitrogens with one attached hydrogen (secondary N) is 1. The topological polar surface area (TPSA) is 97.2 Å². The molecule has 0 saturated carbocycles. The van der Waals surface area contributed by atoms with Gasteiger partial charge in [-0.3, -0.25) is 4.79 Å². The van der Waals surface area contributed by atoms with Crippen LogP contribution < -0.4 is 14.9 Å². The summed E-state index contributed by atoms with van der Waals surface area (Å²) in [5.74, 6) is -0.303. The van der Waals surface area contributed by atoms with Crippen LogP contribution in [0.1, 0.15) is 15.9 Å². The van der Waals surface area contributed by atoms with Gasteiger partial charge in [0.15, 0.2) is 6.61 Å². The van der Waals surface area contributed by atoms with Gasteiger partial charge in [0.2, 0.25) is 0 Å². The number of amides is 1. The zero-order valence-corrected chi connectivity index (χ0v) is 17.8. The van der Waals surface area contributed by atoms with Crippen molar-refractivity contribution < 1.29 is 24.2 Å². The fourth-order valence-corrected chi connectivity index (χ4v) is 3.14. The lowest BCUT2D eigenvalue weighted by molar-refractivity contribution is -0.139. The van der Waals surface area contributed by atoms with Crippen LogP contribution in [0.3, 0.4) is 0 Å². The summed E-state index contributed by atoms with van der Waals surface area (Å²) in [7, 11) is 1.54. The van der Waals surface area contributed by atoms with E-state index >= 15 is 0 Å². The van der Waals surface area contributed by atoms with Crippen molar-refractivity contribution in [3.8, 4) is 11.5 Å². The molecule has 0 bridgehead atoms. The van der Waals surface area contributed by atoms with Crippen molar-refractivity contribution >= 4 is 63.3 Å². The second kappa shape index (κ2) is 9.71. The molecule has 0 heterocycles. The van der Waals surface area contributed by atoms with Crippen molar-refractivity contribution in [3.63, 3.8) is 0 Å². The Morgan fingerprint density at radius 1 is 1.15 bits per heavy atom. The van der Waals surface area contributed by atoms with E-state index < -0.39 is 12.6 Å². The van der Waals surface area contributed by atoms with Gasteiger partial charge in [0.25, 0.3) is 5.91 Å². The molecule has 2 aromatic rings. The van der Waals surface area contributed by atoms with Gasteiger partial charge in [-0.2, -0.15) is 5.10 Å². The second-order valence-electron chi connectivity index (χ2n) is 4.92. The zero-order chi connectivity index (χ0) is 19.1. The standard InChI is InChI=1S/C17H14I2N2O5/c1-25-15-7-11(3-4-12(15)18)17(24)21-20-8-10-2-5-14(13(19)6-10)26-9-16(22)23/h2-8H,9H2,1H3,(H,21,24)(H,22,23)/b20-8-. The summed E-state index contributed by atoms with van der Waals surface area (Å²) in [5, 5.41) is 12.6. The van der Waals surface area contributed by atoms with E-state index in [4.69, 9.17) is 14.6 Å². The lowest BCUT2D eigenvalue weighted by atomic mass is 10.2. The normalized spacial score (nSPS) is 10.6. The first-order chi connectivity index (χ1) is 12.4. The fraction of sp³-hybridized carbons (Fsp3) is 0.118. The maximum absolute atomic E-state index is 12.1. The average Bonchev–Trinajstić information content (AvgIpc) is 2.61. The van der Waals surface area contributed by atoms with Gasteiger partial charge in [-0.05, 0) is 87.1 Å². The molecule has 2 aromatic carbocycles. The lowest BCUT2D eigenvalue weighted by Gasteiger charge is -2.06. The molecule has 0 unspecified atom stereocenters. The number of hydrazone groups is 1. The number of aliphatic carboxylic acids is 1. The van der Waals surface area contributed by atoms with E-state index in [1.807, 2.05) is 22.6 Å². The number of ether oxygens (including phenoxy) is 2. The lowest BCUT2D eigenvalue weighted by Crippen LogP contribution is -2.17. The smallest absolute Gasteiger partial charge is 0.341 e. The van der Waals surface area contributed by atoms with Crippen LogP contribution in [0, 0.1) is 7.14 Å². The van der Waals surface area contributed by atoms with E-state index in [1.165, 1.54) is 6.21 Å². The maximum atomic E-state index is 12.1. The third-order valence-electron chi connectivity index (χ3n) is 3.10. The summed E-state index contributed by atoms with van der Waals surface area (Å²) in [6.45, 7) is -0.404. The van der Waals surface area contributed by atoms with E-state index in [-0.39, 0.29) is 5.91 Å². The molecule has 0 spiro atoms. The minimum Gasteiger partial charge on any atom is -0.496 e. The Kier molecular flexibility index (Phi) is 7.63. The van der Waals surface area contributed by atoms with Crippen molar-refractivity contribution in [3.05, 3.63) is 54.7 Å². The first-order valence-electron chi connectivity index (χ1n) is 7.22. The number of benzene rings is 2. The Bertz CT molecular complexity index is 855. The van der Waals surface area contributed by atoms with Crippen molar-refractivity contribution in [1.29, 1.82) is 0 Å². The minimum atomic E-state index is -1.04. The number of methoxy groups -OCH3 is 1. The molecule has 7 nitrogen and oxygen atoms in total. The van der Waals surface area contributed by atoms with E-state index in [0.29, 0.717) is 17.1 Å². The number of rotatable bonds is 7. The summed E-state index contributed by atoms with van der Waals surface area (Å²) >= 11 is 4.16. The summed E-state index contributed by atoms with van der Waals surface area (Å²) in [6, 6.07) is 10.2. The van der Waals surface area contributed by atoms with Crippen LogP contribution in [0.4, 0.5) is 0 Å². The predicted octanol–water partition coefficient (Wildman–Crippen LogP) is 3.13. The predicted molar refractivity (Wildman–Crippen MR) is 113 cm³/mol. The van der Waals surface area contributed by atoms with Crippen molar-refractivity contribution in [2.24, 2.45) is 5.10 Å². The average molecular weight is 580 g/mol. The highest BCUT2D eigenvalue weighted by Crippen LogP contribution is 2.22. The Morgan fingerprint density at radius 2 is 1.92 bits per heavy atom. The summed E-state index contributed by atoms with van der Waals surface area (Å²) in [4.78, 5) is 22.7. The maximum Gasteiger partial charge on any atom is 0.341 e. The van der Waals surface area contributed by atoms with Gasteiger partial charge in [0, 0.05) is 5.56 Å². The third kappa shape index (κ3) is 5.83.